The molecular weight excluding hydrogens is 236 g/mol. The van der Waals surface area contributed by atoms with Gasteiger partial charge in [0.05, 0.1) is 5.69 Å². The summed E-state index contributed by atoms with van der Waals surface area (Å²) in [6.45, 7) is 4.32. The first-order valence-electron chi connectivity index (χ1n) is 5.23. The molecule has 0 bridgehead atoms. The van der Waals surface area contributed by atoms with Crippen LogP contribution < -0.4 is 0 Å². The Morgan fingerprint density at radius 2 is 2.25 bits per heavy atom. The van der Waals surface area contributed by atoms with Crippen molar-refractivity contribution in [1.82, 2.24) is 9.97 Å². The van der Waals surface area contributed by atoms with Crippen LogP contribution in [0.15, 0.2) is 24.5 Å². The first kappa shape index (κ1) is 11.6. The molecule has 0 aliphatic rings. The molecule has 2 aromatic heterocycles. The van der Waals surface area contributed by atoms with Crippen LogP contribution in [0.1, 0.15) is 30.3 Å². The lowest BCUT2D eigenvalue weighted by atomic mass is 10.1. The van der Waals surface area contributed by atoms with Crippen molar-refractivity contribution in [1.29, 1.82) is 0 Å². The summed E-state index contributed by atoms with van der Waals surface area (Å²) in [4.78, 5) is 10.1. The molecule has 16 heavy (non-hydrogen) atoms. The average molecular weight is 250 g/mol. The van der Waals surface area contributed by atoms with Crippen LogP contribution in [0.5, 0.6) is 0 Å². The Morgan fingerprint density at radius 1 is 1.44 bits per heavy atom. The zero-order valence-electron chi connectivity index (χ0n) is 9.34. The Hall–Kier alpha value is -0.870. The molecule has 2 rings (SSSR count). The molecule has 0 N–H and O–H groups in total. The molecule has 0 radical (unpaired) electrons. The van der Waals surface area contributed by atoms with E-state index < -0.39 is 0 Å². The molecule has 2 heterocycles. The van der Waals surface area contributed by atoms with Gasteiger partial charge in [0.2, 0.25) is 0 Å². The van der Waals surface area contributed by atoms with Gasteiger partial charge in [-0.25, -0.2) is 4.98 Å². The van der Waals surface area contributed by atoms with Crippen LogP contribution in [0.25, 0.3) is 10.6 Å². The van der Waals surface area contributed by atoms with Crippen LogP contribution in [0.3, 0.4) is 0 Å². The van der Waals surface area contributed by atoms with Crippen LogP contribution in [-0.2, 0) is 5.75 Å². The van der Waals surface area contributed by atoms with E-state index in [4.69, 9.17) is 0 Å². The molecule has 0 spiro atoms. The van der Waals surface area contributed by atoms with Gasteiger partial charge in [0.25, 0.3) is 0 Å². The summed E-state index contributed by atoms with van der Waals surface area (Å²) in [6, 6.07) is 3.98. The Bertz CT molecular complexity index is 463. The van der Waals surface area contributed by atoms with Gasteiger partial charge in [0, 0.05) is 28.6 Å². The van der Waals surface area contributed by atoms with Crippen LogP contribution >= 0.6 is 24.0 Å². The Morgan fingerprint density at radius 3 is 2.75 bits per heavy atom. The fraction of sp³-hybridized carbons (Fsp3) is 0.333. The second-order valence-electron chi connectivity index (χ2n) is 3.88. The normalized spacial score (nSPS) is 11.0. The predicted molar refractivity (Wildman–Crippen MR) is 72.1 cm³/mol. The van der Waals surface area contributed by atoms with Crippen molar-refractivity contribution in [3.05, 3.63) is 35.1 Å². The van der Waals surface area contributed by atoms with Gasteiger partial charge >= 0.3 is 0 Å². The summed E-state index contributed by atoms with van der Waals surface area (Å²) < 4.78 is 0. The van der Waals surface area contributed by atoms with Crippen molar-refractivity contribution >= 4 is 24.0 Å². The third kappa shape index (κ3) is 2.28. The summed E-state index contributed by atoms with van der Waals surface area (Å²) in [7, 11) is 0. The lowest BCUT2D eigenvalue weighted by Crippen LogP contribution is -1.91. The van der Waals surface area contributed by atoms with Crippen molar-refractivity contribution in [2.24, 2.45) is 0 Å². The lowest BCUT2D eigenvalue weighted by molar-refractivity contribution is 0.824. The zero-order valence-corrected chi connectivity index (χ0v) is 11.1. The largest absolute Gasteiger partial charge is 0.264 e. The summed E-state index contributed by atoms with van der Waals surface area (Å²) in [5.74, 6) is 1.20. The summed E-state index contributed by atoms with van der Waals surface area (Å²) >= 11 is 6.07. The minimum Gasteiger partial charge on any atom is -0.264 e. The van der Waals surface area contributed by atoms with Crippen LogP contribution in [-0.4, -0.2) is 9.97 Å². The highest BCUT2D eigenvalue weighted by atomic mass is 32.1. The molecule has 2 nitrogen and oxygen atoms in total. The zero-order chi connectivity index (χ0) is 11.5. The van der Waals surface area contributed by atoms with Gasteiger partial charge in [-0.1, -0.05) is 13.8 Å². The monoisotopic (exact) mass is 250 g/mol. The van der Waals surface area contributed by atoms with E-state index in [1.165, 1.54) is 10.6 Å². The quantitative estimate of drug-likeness (QED) is 0.839. The third-order valence-electron chi connectivity index (χ3n) is 2.33. The van der Waals surface area contributed by atoms with E-state index in [9.17, 15) is 0 Å². The van der Waals surface area contributed by atoms with Crippen molar-refractivity contribution in [2.45, 2.75) is 25.5 Å². The molecule has 0 fully saturated rings. The van der Waals surface area contributed by atoms with E-state index in [0.717, 1.165) is 16.3 Å². The molecule has 0 saturated carbocycles. The van der Waals surface area contributed by atoms with Crippen molar-refractivity contribution in [3.63, 3.8) is 0 Å². The van der Waals surface area contributed by atoms with Gasteiger partial charge in [-0.15, -0.1) is 11.3 Å². The maximum Gasteiger partial charge on any atom is 0.125 e. The van der Waals surface area contributed by atoms with E-state index in [1.54, 1.807) is 17.5 Å². The van der Waals surface area contributed by atoms with E-state index in [1.807, 2.05) is 18.3 Å². The fourth-order valence-electron chi connectivity index (χ4n) is 1.54. The molecule has 84 valence electrons. The molecule has 0 amide bonds. The minimum atomic E-state index is 0.448. The maximum absolute atomic E-state index is 4.68. The van der Waals surface area contributed by atoms with Gasteiger partial charge in [-0.3, -0.25) is 4.98 Å². The molecule has 0 saturated heterocycles. The number of nitrogens with zero attached hydrogens (tertiary/aromatic N) is 2. The van der Waals surface area contributed by atoms with E-state index in [2.05, 4.69) is 36.4 Å². The van der Waals surface area contributed by atoms with Crippen molar-refractivity contribution in [2.75, 3.05) is 0 Å². The van der Waals surface area contributed by atoms with Crippen LogP contribution in [0.4, 0.5) is 0 Å². The third-order valence-corrected chi connectivity index (χ3v) is 3.98. The minimum absolute atomic E-state index is 0.448. The van der Waals surface area contributed by atoms with E-state index in [-0.39, 0.29) is 0 Å². The maximum atomic E-state index is 4.68. The topological polar surface area (TPSA) is 25.8 Å². The van der Waals surface area contributed by atoms with Crippen LogP contribution in [0, 0.1) is 0 Å². The molecule has 0 unspecified atom stereocenters. The standard InChI is InChI=1S/C12H14N2S2/c1-8(2)11-10(7-15)16-12(14-11)9-4-3-5-13-6-9/h3-6,8,15H,7H2,1-2H3. The van der Waals surface area contributed by atoms with Crippen LogP contribution in [0.2, 0.25) is 0 Å². The van der Waals surface area contributed by atoms with Crippen molar-refractivity contribution < 1.29 is 0 Å². The first-order chi connectivity index (χ1) is 7.72. The van der Waals surface area contributed by atoms with E-state index in [0.29, 0.717) is 5.92 Å². The SMILES string of the molecule is CC(C)c1nc(-c2cccnc2)sc1CS. The Balaban J connectivity index is 2.44. The molecule has 2 aromatic rings. The predicted octanol–water partition coefficient (Wildman–Crippen LogP) is 3.76. The summed E-state index contributed by atoms with van der Waals surface area (Å²) in [5, 5.41) is 1.04. The van der Waals surface area contributed by atoms with Crippen molar-refractivity contribution in [3.8, 4) is 10.6 Å². The molecule has 0 atom stereocenters. The Kier molecular flexibility index (Phi) is 3.61. The molecule has 0 aliphatic heterocycles. The number of hydrogen-bond acceptors (Lipinski definition) is 4. The van der Waals surface area contributed by atoms with E-state index >= 15 is 0 Å². The average Bonchev–Trinajstić information content (AvgIpc) is 2.74. The highest BCUT2D eigenvalue weighted by Crippen LogP contribution is 2.32. The Labute approximate surface area is 105 Å². The van der Waals surface area contributed by atoms with Gasteiger partial charge < -0.3 is 0 Å². The summed E-state index contributed by atoms with van der Waals surface area (Å²) in [5.41, 5.74) is 2.25. The molecule has 0 aromatic carbocycles. The molecule has 4 heteroatoms. The number of rotatable bonds is 3. The number of pyridine rings is 1. The molecule has 0 aliphatic carbocycles. The number of thiazole rings is 1. The number of aromatic nitrogens is 2. The lowest BCUT2D eigenvalue weighted by Gasteiger charge is -2.01. The highest BCUT2D eigenvalue weighted by Gasteiger charge is 2.13. The second-order valence-corrected chi connectivity index (χ2v) is 5.28. The first-order valence-corrected chi connectivity index (χ1v) is 6.68. The summed E-state index contributed by atoms with van der Waals surface area (Å²) in [6.07, 6.45) is 3.63. The molecular formula is C12H14N2S2. The smallest absolute Gasteiger partial charge is 0.125 e. The number of hydrogen-bond donors (Lipinski definition) is 1. The number of thiol groups is 1. The van der Waals surface area contributed by atoms with Gasteiger partial charge in [0.1, 0.15) is 5.01 Å². The van der Waals surface area contributed by atoms with Gasteiger partial charge in [0.15, 0.2) is 0 Å². The highest BCUT2D eigenvalue weighted by molar-refractivity contribution is 7.79. The van der Waals surface area contributed by atoms with Gasteiger partial charge in [-0.05, 0) is 18.1 Å². The van der Waals surface area contributed by atoms with Gasteiger partial charge in [-0.2, -0.15) is 12.6 Å². The fourth-order valence-corrected chi connectivity index (χ4v) is 2.96. The second kappa shape index (κ2) is 4.97.